The normalized spacial score (nSPS) is 20.1. The van der Waals surface area contributed by atoms with Gasteiger partial charge in [-0.3, -0.25) is 0 Å². The van der Waals surface area contributed by atoms with Crippen molar-refractivity contribution in [2.24, 2.45) is 0 Å². The van der Waals surface area contributed by atoms with E-state index >= 15 is 0 Å². The van der Waals surface area contributed by atoms with Crippen molar-refractivity contribution in [3.8, 4) is 0 Å². The van der Waals surface area contributed by atoms with E-state index in [0.29, 0.717) is 17.2 Å². The topological polar surface area (TPSA) is 74.5 Å². The summed E-state index contributed by atoms with van der Waals surface area (Å²) >= 11 is 0. The van der Waals surface area contributed by atoms with E-state index in [-0.39, 0.29) is 12.0 Å². The Hall–Kier alpha value is -2.81. The van der Waals surface area contributed by atoms with Crippen molar-refractivity contribution in [3.05, 3.63) is 48.0 Å². The maximum absolute atomic E-state index is 12.7. The van der Waals surface area contributed by atoms with Gasteiger partial charge in [0.25, 0.3) is 0 Å². The number of benzene rings is 1. The number of aromatic nitrogens is 3. The smallest absolute Gasteiger partial charge is 0.391 e. The van der Waals surface area contributed by atoms with Crippen LogP contribution in [0.5, 0.6) is 0 Å². The van der Waals surface area contributed by atoms with Crippen LogP contribution >= 0.6 is 0 Å². The molecule has 3 N–H and O–H groups in total. The Labute approximate surface area is 153 Å². The zero-order chi connectivity index (χ0) is 19.0. The SMILES string of the molecule is O[C@H]1CCC[C@@H]1Nc1cccc2nc(Nc3ccc(C(F)(F)F)cc3)nn12. The number of fused-ring (bicyclic) bond motifs is 1. The summed E-state index contributed by atoms with van der Waals surface area (Å²) in [6, 6.07) is 10.1. The first kappa shape index (κ1) is 17.6. The molecule has 1 aliphatic rings. The number of aliphatic hydroxyl groups excluding tert-OH is 1. The molecule has 2 atom stereocenters. The molecule has 1 fully saturated rings. The summed E-state index contributed by atoms with van der Waals surface area (Å²) in [6.45, 7) is 0. The highest BCUT2D eigenvalue weighted by atomic mass is 19.4. The first-order chi connectivity index (χ1) is 12.9. The van der Waals surface area contributed by atoms with Gasteiger partial charge in [-0.1, -0.05) is 6.07 Å². The average molecular weight is 377 g/mol. The third-order valence-electron chi connectivity index (χ3n) is 4.64. The summed E-state index contributed by atoms with van der Waals surface area (Å²) in [6.07, 6.45) is -2.15. The molecule has 6 nitrogen and oxygen atoms in total. The Morgan fingerprint density at radius 2 is 1.85 bits per heavy atom. The van der Waals surface area contributed by atoms with E-state index in [4.69, 9.17) is 0 Å². The lowest BCUT2D eigenvalue weighted by Crippen LogP contribution is -2.28. The molecule has 1 saturated carbocycles. The van der Waals surface area contributed by atoms with Crippen LogP contribution in [0.2, 0.25) is 0 Å². The number of aliphatic hydroxyl groups is 1. The number of alkyl halides is 3. The second kappa shape index (κ2) is 6.73. The number of rotatable bonds is 4. The van der Waals surface area contributed by atoms with Gasteiger partial charge < -0.3 is 15.7 Å². The van der Waals surface area contributed by atoms with Gasteiger partial charge >= 0.3 is 6.18 Å². The van der Waals surface area contributed by atoms with Crippen LogP contribution in [-0.4, -0.2) is 31.9 Å². The summed E-state index contributed by atoms with van der Waals surface area (Å²) in [7, 11) is 0. The molecule has 1 aliphatic carbocycles. The van der Waals surface area contributed by atoms with Gasteiger partial charge in [0, 0.05) is 5.69 Å². The number of hydrogen-bond acceptors (Lipinski definition) is 5. The third kappa shape index (κ3) is 3.68. The van der Waals surface area contributed by atoms with Gasteiger partial charge in [-0.2, -0.15) is 22.7 Å². The molecular weight excluding hydrogens is 359 g/mol. The largest absolute Gasteiger partial charge is 0.416 e. The quantitative estimate of drug-likeness (QED) is 0.645. The molecule has 9 heteroatoms. The molecule has 0 unspecified atom stereocenters. The Balaban J connectivity index is 1.55. The summed E-state index contributed by atoms with van der Waals surface area (Å²) in [4.78, 5) is 4.35. The lowest BCUT2D eigenvalue weighted by Gasteiger charge is -2.17. The Kier molecular flexibility index (Phi) is 4.39. The second-order valence-electron chi connectivity index (χ2n) is 6.57. The van der Waals surface area contributed by atoms with Gasteiger partial charge in [0.1, 0.15) is 5.82 Å². The number of halogens is 3. The van der Waals surface area contributed by atoms with E-state index in [1.807, 2.05) is 12.1 Å². The molecule has 0 bridgehead atoms. The Morgan fingerprint density at radius 1 is 1.07 bits per heavy atom. The van der Waals surface area contributed by atoms with E-state index in [9.17, 15) is 18.3 Å². The molecule has 0 saturated heterocycles. The van der Waals surface area contributed by atoms with Crippen LogP contribution in [-0.2, 0) is 6.18 Å². The minimum atomic E-state index is -4.37. The first-order valence-corrected chi connectivity index (χ1v) is 8.65. The Morgan fingerprint density at radius 3 is 2.52 bits per heavy atom. The van der Waals surface area contributed by atoms with Gasteiger partial charge in [0.15, 0.2) is 5.65 Å². The summed E-state index contributed by atoms with van der Waals surface area (Å²) in [5.41, 5.74) is 0.333. The van der Waals surface area contributed by atoms with Crippen molar-refractivity contribution in [1.29, 1.82) is 0 Å². The van der Waals surface area contributed by atoms with Crippen LogP contribution in [0.1, 0.15) is 24.8 Å². The lowest BCUT2D eigenvalue weighted by atomic mass is 10.2. The highest BCUT2D eigenvalue weighted by molar-refractivity contribution is 5.58. The molecule has 0 aliphatic heterocycles. The van der Waals surface area contributed by atoms with Crippen molar-refractivity contribution in [2.75, 3.05) is 10.6 Å². The fourth-order valence-corrected chi connectivity index (χ4v) is 3.24. The monoisotopic (exact) mass is 377 g/mol. The average Bonchev–Trinajstić information content (AvgIpc) is 3.21. The molecule has 0 amide bonds. The molecule has 1 aromatic carbocycles. The zero-order valence-corrected chi connectivity index (χ0v) is 14.2. The second-order valence-corrected chi connectivity index (χ2v) is 6.57. The molecule has 27 heavy (non-hydrogen) atoms. The molecule has 4 rings (SSSR count). The summed E-state index contributed by atoms with van der Waals surface area (Å²) < 4.78 is 39.6. The summed E-state index contributed by atoms with van der Waals surface area (Å²) in [5.74, 6) is 0.974. The fourth-order valence-electron chi connectivity index (χ4n) is 3.24. The van der Waals surface area contributed by atoms with E-state index in [0.717, 1.165) is 31.4 Å². The van der Waals surface area contributed by atoms with Gasteiger partial charge in [-0.15, -0.1) is 5.10 Å². The molecule has 3 aromatic rings. The molecule has 2 aromatic heterocycles. The van der Waals surface area contributed by atoms with Crippen LogP contribution in [0.15, 0.2) is 42.5 Å². The van der Waals surface area contributed by atoms with Crippen molar-refractivity contribution in [1.82, 2.24) is 14.6 Å². The van der Waals surface area contributed by atoms with Gasteiger partial charge in [-0.05, 0) is 55.7 Å². The maximum atomic E-state index is 12.7. The number of nitrogens with one attached hydrogen (secondary N) is 2. The molecule has 142 valence electrons. The van der Waals surface area contributed by atoms with Gasteiger partial charge in [-0.25, -0.2) is 0 Å². The lowest BCUT2D eigenvalue weighted by molar-refractivity contribution is -0.137. The van der Waals surface area contributed by atoms with Crippen LogP contribution in [0, 0.1) is 0 Å². The van der Waals surface area contributed by atoms with Crippen molar-refractivity contribution in [3.63, 3.8) is 0 Å². The number of anilines is 3. The van der Waals surface area contributed by atoms with E-state index in [1.54, 1.807) is 10.6 Å². The first-order valence-electron chi connectivity index (χ1n) is 8.65. The highest BCUT2D eigenvalue weighted by Gasteiger charge is 2.30. The van der Waals surface area contributed by atoms with Gasteiger partial charge in [0.2, 0.25) is 5.95 Å². The minimum Gasteiger partial charge on any atom is -0.391 e. The van der Waals surface area contributed by atoms with E-state index in [2.05, 4.69) is 20.7 Å². The number of pyridine rings is 1. The van der Waals surface area contributed by atoms with Crippen LogP contribution < -0.4 is 10.6 Å². The molecule has 0 radical (unpaired) electrons. The molecule has 2 heterocycles. The van der Waals surface area contributed by atoms with Crippen molar-refractivity contribution >= 4 is 23.1 Å². The predicted octanol–water partition coefficient (Wildman–Crippen LogP) is 3.82. The zero-order valence-electron chi connectivity index (χ0n) is 14.2. The number of nitrogens with zero attached hydrogens (tertiary/aromatic N) is 3. The van der Waals surface area contributed by atoms with Crippen LogP contribution in [0.25, 0.3) is 5.65 Å². The number of hydrogen-bond donors (Lipinski definition) is 3. The molecular formula is C18H18F3N5O. The Bertz CT molecular complexity index is 938. The highest BCUT2D eigenvalue weighted by Crippen LogP contribution is 2.30. The third-order valence-corrected chi connectivity index (χ3v) is 4.64. The van der Waals surface area contributed by atoms with E-state index < -0.39 is 17.8 Å². The molecule has 0 spiro atoms. The standard InChI is InChI=1S/C18H18F3N5O/c19-18(20,21)11-7-9-12(10-8-11)22-17-24-16-6-2-5-15(26(16)25-17)23-13-3-1-4-14(13)27/h2,5-10,13-14,23,27H,1,3-4H2,(H,22,25)/t13-,14-/m0/s1. The van der Waals surface area contributed by atoms with Crippen molar-refractivity contribution in [2.45, 2.75) is 37.6 Å². The van der Waals surface area contributed by atoms with Gasteiger partial charge in [0.05, 0.1) is 17.7 Å². The maximum Gasteiger partial charge on any atom is 0.416 e. The van der Waals surface area contributed by atoms with Crippen LogP contribution in [0.4, 0.5) is 30.6 Å². The van der Waals surface area contributed by atoms with Crippen molar-refractivity contribution < 1.29 is 18.3 Å². The minimum absolute atomic E-state index is 0.0360. The fraction of sp³-hybridized carbons (Fsp3) is 0.333. The van der Waals surface area contributed by atoms with E-state index in [1.165, 1.54) is 12.1 Å². The predicted molar refractivity (Wildman–Crippen MR) is 95.0 cm³/mol. The summed E-state index contributed by atoms with van der Waals surface area (Å²) in [5, 5.41) is 20.6. The van der Waals surface area contributed by atoms with Crippen LogP contribution in [0.3, 0.4) is 0 Å².